The van der Waals surface area contributed by atoms with Crippen molar-refractivity contribution in [3.63, 3.8) is 0 Å². The Bertz CT molecular complexity index is 768. The van der Waals surface area contributed by atoms with E-state index in [2.05, 4.69) is 33.3 Å². The van der Waals surface area contributed by atoms with Gasteiger partial charge in [0.05, 0.1) is 18.1 Å². The van der Waals surface area contributed by atoms with E-state index in [1.165, 1.54) is 4.88 Å². The first kappa shape index (κ1) is 14.3. The zero-order valence-corrected chi connectivity index (χ0v) is 13.4. The van der Waals surface area contributed by atoms with Gasteiger partial charge < -0.3 is 9.73 Å². The third kappa shape index (κ3) is 3.01. The lowest BCUT2D eigenvalue weighted by Crippen LogP contribution is -2.02. The van der Waals surface area contributed by atoms with Crippen molar-refractivity contribution in [3.8, 4) is 0 Å². The van der Waals surface area contributed by atoms with E-state index in [9.17, 15) is 0 Å². The number of nitrogens with one attached hydrogen (secondary N) is 1. The summed E-state index contributed by atoms with van der Waals surface area (Å²) in [6, 6.07) is 2.10. The summed E-state index contributed by atoms with van der Waals surface area (Å²) in [5.41, 5.74) is 0. The summed E-state index contributed by atoms with van der Waals surface area (Å²) >= 11 is 7.63. The highest BCUT2D eigenvalue weighted by atomic mass is 35.5. The van der Waals surface area contributed by atoms with E-state index in [-0.39, 0.29) is 5.28 Å². The maximum Gasteiger partial charge on any atom is 0.225 e. The molecule has 110 valence electrons. The number of aromatic nitrogens is 3. The SMILES string of the molecule is CCc1cnc(CNc2nc(Cl)nc3sc(CC)cc23)o1. The number of halogens is 1. The van der Waals surface area contributed by atoms with Gasteiger partial charge in [-0.1, -0.05) is 13.8 Å². The molecule has 0 saturated carbocycles. The number of oxazole rings is 1. The molecular weight excluding hydrogens is 308 g/mol. The Kier molecular flexibility index (Phi) is 4.07. The van der Waals surface area contributed by atoms with Crippen molar-refractivity contribution in [1.29, 1.82) is 0 Å². The Morgan fingerprint density at radius 1 is 1.29 bits per heavy atom. The van der Waals surface area contributed by atoms with Crippen LogP contribution in [0.15, 0.2) is 16.7 Å². The van der Waals surface area contributed by atoms with Gasteiger partial charge in [0.1, 0.15) is 16.4 Å². The molecule has 0 fully saturated rings. The second-order valence-corrected chi connectivity index (χ2v) is 6.01. The Labute approximate surface area is 131 Å². The van der Waals surface area contributed by atoms with E-state index in [0.29, 0.717) is 12.4 Å². The van der Waals surface area contributed by atoms with Crippen LogP contribution in [0.1, 0.15) is 30.4 Å². The van der Waals surface area contributed by atoms with E-state index in [0.717, 1.165) is 34.6 Å². The fraction of sp³-hybridized carbons (Fsp3) is 0.357. The molecule has 7 heteroatoms. The Balaban J connectivity index is 1.86. The van der Waals surface area contributed by atoms with Crippen LogP contribution in [0.4, 0.5) is 5.82 Å². The van der Waals surface area contributed by atoms with Gasteiger partial charge in [0.2, 0.25) is 11.2 Å². The fourth-order valence-electron chi connectivity index (χ4n) is 2.01. The van der Waals surface area contributed by atoms with Crippen LogP contribution in [0.3, 0.4) is 0 Å². The lowest BCUT2D eigenvalue weighted by molar-refractivity contribution is 0.465. The van der Waals surface area contributed by atoms with Gasteiger partial charge in [-0.3, -0.25) is 0 Å². The van der Waals surface area contributed by atoms with Crippen molar-refractivity contribution >= 4 is 39.0 Å². The fourth-order valence-corrected chi connectivity index (χ4v) is 3.19. The molecular formula is C14H15ClN4OS. The zero-order valence-electron chi connectivity index (χ0n) is 11.8. The summed E-state index contributed by atoms with van der Waals surface area (Å²) < 4.78 is 5.58. The summed E-state index contributed by atoms with van der Waals surface area (Å²) in [6.45, 7) is 4.62. The van der Waals surface area contributed by atoms with Crippen LogP contribution in [0, 0.1) is 0 Å². The molecule has 1 N–H and O–H groups in total. The summed E-state index contributed by atoms with van der Waals surface area (Å²) in [4.78, 5) is 14.9. The normalized spacial score (nSPS) is 11.2. The van der Waals surface area contributed by atoms with E-state index in [4.69, 9.17) is 16.0 Å². The largest absolute Gasteiger partial charge is 0.444 e. The lowest BCUT2D eigenvalue weighted by Gasteiger charge is -2.04. The number of hydrogen-bond acceptors (Lipinski definition) is 6. The average molecular weight is 323 g/mol. The summed E-state index contributed by atoms with van der Waals surface area (Å²) in [5, 5.41) is 4.47. The number of nitrogens with zero attached hydrogens (tertiary/aromatic N) is 3. The van der Waals surface area contributed by atoms with Crippen LogP contribution >= 0.6 is 22.9 Å². The molecule has 0 saturated heterocycles. The van der Waals surface area contributed by atoms with E-state index >= 15 is 0 Å². The molecule has 0 radical (unpaired) electrons. The summed E-state index contributed by atoms with van der Waals surface area (Å²) in [5.74, 6) is 2.24. The minimum absolute atomic E-state index is 0.246. The molecule has 0 amide bonds. The predicted octanol–water partition coefficient (Wildman–Crippen LogP) is 4.07. The zero-order chi connectivity index (χ0) is 14.8. The van der Waals surface area contributed by atoms with Crippen LogP contribution in [-0.4, -0.2) is 15.0 Å². The number of thiophene rings is 1. The molecule has 21 heavy (non-hydrogen) atoms. The van der Waals surface area contributed by atoms with Crippen LogP contribution in [-0.2, 0) is 19.4 Å². The molecule has 3 heterocycles. The summed E-state index contributed by atoms with van der Waals surface area (Å²) in [7, 11) is 0. The van der Waals surface area contributed by atoms with Crippen LogP contribution in [0.25, 0.3) is 10.2 Å². The number of aryl methyl sites for hydroxylation is 2. The molecule has 3 aromatic rings. The highest BCUT2D eigenvalue weighted by Gasteiger charge is 2.11. The smallest absolute Gasteiger partial charge is 0.225 e. The third-order valence-corrected chi connectivity index (χ3v) is 4.46. The Morgan fingerprint density at radius 3 is 2.86 bits per heavy atom. The minimum atomic E-state index is 0.246. The van der Waals surface area contributed by atoms with Crippen molar-refractivity contribution in [3.05, 3.63) is 34.1 Å². The topological polar surface area (TPSA) is 63.8 Å². The van der Waals surface area contributed by atoms with Gasteiger partial charge >= 0.3 is 0 Å². The first-order chi connectivity index (χ1) is 10.2. The molecule has 0 aliphatic heterocycles. The van der Waals surface area contributed by atoms with Gasteiger partial charge in [-0.25, -0.2) is 15.0 Å². The predicted molar refractivity (Wildman–Crippen MR) is 85.0 cm³/mol. The maximum atomic E-state index is 5.99. The first-order valence-corrected chi connectivity index (χ1v) is 8.02. The van der Waals surface area contributed by atoms with Crippen LogP contribution in [0.2, 0.25) is 5.28 Å². The highest BCUT2D eigenvalue weighted by Crippen LogP contribution is 2.30. The Morgan fingerprint density at radius 2 is 2.14 bits per heavy atom. The highest BCUT2D eigenvalue weighted by molar-refractivity contribution is 7.18. The van der Waals surface area contributed by atoms with E-state index in [1.807, 2.05) is 6.92 Å². The van der Waals surface area contributed by atoms with Crippen LogP contribution < -0.4 is 5.32 Å². The molecule has 0 aliphatic carbocycles. The number of fused-ring (bicyclic) bond motifs is 1. The molecule has 0 unspecified atom stereocenters. The van der Waals surface area contributed by atoms with Gasteiger partial charge in [-0.2, -0.15) is 0 Å². The van der Waals surface area contributed by atoms with Crippen molar-refractivity contribution in [2.75, 3.05) is 5.32 Å². The van der Waals surface area contributed by atoms with Crippen molar-refractivity contribution in [2.24, 2.45) is 0 Å². The molecule has 0 atom stereocenters. The van der Waals surface area contributed by atoms with E-state index < -0.39 is 0 Å². The number of hydrogen-bond donors (Lipinski definition) is 1. The van der Waals surface area contributed by atoms with Gasteiger partial charge in [0.15, 0.2) is 0 Å². The van der Waals surface area contributed by atoms with Gasteiger partial charge in [0, 0.05) is 11.3 Å². The van der Waals surface area contributed by atoms with E-state index in [1.54, 1.807) is 17.5 Å². The van der Waals surface area contributed by atoms with Crippen molar-refractivity contribution in [1.82, 2.24) is 15.0 Å². The molecule has 5 nitrogen and oxygen atoms in total. The van der Waals surface area contributed by atoms with Crippen molar-refractivity contribution < 1.29 is 4.42 Å². The molecule has 0 spiro atoms. The Hall–Kier alpha value is -1.66. The molecule has 3 rings (SSSR count). The minimum Gasteiger partial charge on any atom is -0.444 e. The molecule has 3 aromatic heterocycles. The second-order valence-electron chi connectivity index (χ2n) is 4.55. The first-order valence-electron chi connectivity index (χ1n) is 6.83. The summed E-state index contributed by atoms with van der Waals surface area (Å²) in [6.07, 6.45) is 3.55. The number of anilines is 1. The second kappa shape index (κ2) is 5.99. The third-order valence-electron chi connectivity index (χ3n) is 3.12. The van der Waals surface area contributed by atoms with Gasteiger partial charge in [-0.15, -0.1) is 11.3 Å². The molecule has 0 bridgehead atoms. The monoisotopic (exact) mass is 322 g/mol. The average Bonchev–Trinajstić information content (AvgIpc) is 3.10. The quantitative estimate of drug-likeness (QED) is 0.717. The molecule has 0 aromatic carbocycles. The van der Waals surface area contributed by atoms with Gasteiger partial charge in [0.25, 0.3) is 0 Å². The standard InChI is InChI=1S/C14H15ClN4OS/c1-3-8-6-16-11(20-8)7-17-12-10-5-9(4-2)21-13(10)19-14(15)18-12/h5-6H,3-4,7H2,1-2H3,(H,17,18,19). The number of rotatable bonds is 5. The van der Waals surface area contributed by atoms with Gasteiger partial charge in [-0.05, 0) is 24.1 Å². The lowest BCUT2D eigenvalue weighted by atomic mass is 10.3. The maximum absolute atomic E-state index is 5.99. The van der Waals surface area contributed by atoms with Crippen LogP contribution in [0.5, 0.6) is 0 Å². The van der Waals surface area contributed by atoms with Crippen molar-refractivity contribution in [2.45, 2.75) is 33.2 Å². The molecule has 0 aliphatic rings.